The minimum absolute atomic E-state index is 0. The third kappa shape index (κ3) is 12.0. The number of nitrogen functional groups attached to an aromatic ring is 2. The van der Waals surface area contributed by atoms with Gasteiger partial charge in [0.25, 0.3) is 10.1 Å². The summed E-state index contributed by atoms with van der Waals surface area (Å²) in [6.07, 6.45) is 1.75. The van der Waals surface area contributed by atoms with Crippen molar-refractivity contribution in [2.45, 2.75) is 4.90 Å². The Labute approximate surface area is 442 Å². The largest absolute Gasteiger partial charge is 1.00 e. The Balaban J connectivity index is 0.00000317. The van der Waals surface area contributed by atoms with Crippen molar-refractivity contribution < 1.29 is 142 Å². The number of rotatable bonds is 11. The summed E-state index contributed by atoms with van der Waals surface area (Å²) in [5, 5.41) is 28.5. The molecule has 7 N–H and O–H groups in total. The molecule has 0 fully saturated rings. The van der Waals surface area contributed by atoms with Crippen LogP contribution in [0, 0.1) is 0 Å². The van der Waals surface area contributed by atoms with Crippen molar-refractivity contribution in [3.63, 3.8) is 0 Å². The number of nitrogens with one attached hydrogen (secondary N) is 2. The van der Waals surface area contributed by atoms with Crippen molar-refractivity contribution in [2.75, 3.05) is 22.3 Å². The maximum Gasteiger partial charge on any atom is 1.00 e. The van der Waals surface area contributed by atoms with Crippen molar-refractivity contribution in [1.29, 1.82) is 0 Å². The molecule has 0 bridgehead atoms. The van der Waals surface area contributed by atoms with Crippen LogP contribution in [0.15, 0.2) is 143 Å². The van der Waals surface area contributed by atoms with Crippen LogP contribution in [-0.4, -0.2) is 67.8 Å². The molecule has 0 atom stereocenters. The molecule has 7 rings (SSSR count). The standard InChI is InChI=1S/C39H29N9O12S3.3Na/c40-23-9-6-21-16-30(62(55,56)57)35(37(49)28(21)19-23)47-45-27-14-12-24(13-15-27)42-39(51)20-7-10-26(11-8-20)44-46-34-29(61(52,53)54)17-22-18-31(63(58,59)60)36(38(50)32(22)33(34)41)48-43-25-4-2-1-3-5-25;;;/h1-19,43,45H,40-41H2,(H,42,51)(H,52,53,54)(H,55,56,57)(H,58,59,60);;;/q;3*+1/p-3/b46-44?,47-35+,48-36+;;;. The summed E-state index contributed by atoms with van der Waals surface area (Å²) >= 11 is 0. The third-order valence-corrected chi connectivity index (χ3v) is 11.6. The number of fused-ring (bicyclic) bond motifs is 2. The van der Waals surface area contributed by atoms with E-state index in [0.29, 0.717) is 11.8 Å². The Morgan fingerprint density at radius 3 is 1.76 bits per heavy atom. The van der Waals surface area contributed by atoms with E-state index in [9.17, 15) is 53.6 Å². The molecule has 0 aromatic heterocycles. The average molecular weight is 978 g/mol. The number of hydrazone groups is 2. The van der Waals surface area contributed by atoms with E-state index >= 15 is 0 Å². The van der Waals surface area contributed by atoms with Crippen LogP contribution in [0.2, 0.25) is 0 Å². The summed E-state index contributed by atoms with van der Waals surface area (Å²) in [5.41, 5.74) is 14.4. The zero-order valence-electron chi connectivity index (χ0n) is 34.5. The smallest absolute Gasteiger partial charge is 0.858 e. The molecule has 0 saturated heterocycles. The number of azo groups is 1. The molecule has 0 unspecified atom stereocenters. The van der Waals surface area contributed by atoms with Gasteiger partial charge < -0.3 is 25.7 Å². The summed E-state index contributed by atoms with van der Waals surface area (Å²) in [5.74, 6) is -2.74. The van der Waals surface area contributed by atoms with Gasteiger partial charge in [-0.3, -0.25) is 30.0 Å². The van der Waals surface area contributed by atoms with Crippen molar-refractivity contribution in [3.05, 3.63) is 141 Å². The molecular weight excluding hydrogens is 952 g/mol. The summed E-state index contributed by atoms with van der Waals surface area (Å²) in [4.78, 5) is 27.9. The van der Waals surface area contributed by atoms with E-state index < -0.39 is 96.4 Å². The van der Waals surface area contributed by atoms with Crippen LogP contribution in [0.4, 0.5) is 39.8 Å². The average Bonchev–Trinajstić information content (AvgIpc) is 3.22. The fraction of sp³-hybridized carbons (Fsp3) is 0. The molecule has 0 saturated carbocycles. The molecule has 21 nitrogen and oxygen atoms in total. The monoisotopic (exact) mass is 977 g/mol. The van der Waals surface area contributed by atoms with Crippen LogP contribution in [0.25, 0.3) is 12.2 Å². The predicted octanol–water partition coefficient (Wildman–Crippen LogP) is -4.94. The predicted molar refractivity (Wildman–Crippen MR) is 227 cm³/mol. The zero-order valence-corrected chi connectivity index (χ0v) is 43.0. The van der Waals surface area contributed by atoms with Crippen molar-refractivity contribution >= 4 is 111 Å². The van der Waals surface area contributed by atoms with Crippen LogP contribution in [-0.2, 0) is 30.4 Å². The van der Waals surface area contributed by atoms with Crippen LogP contribution in [0.3, 0.4) is 0 Å². The summed E-state index contributed by atoms with van der Waals surface area (Å²) in [6.45, 7) is 0. The third-order valence-electron chi connectivity index (χ3n) is 9.01. The second kappa shape index (κ2) is 21.5. The number of carbonyl (C=O) groups excluding carboxylic acids is 2. The normalized spacial score (nSPS) is 15.1. The van der Waals surface area contributed by atoms with Gasteiger partial charge in [0.1, 0.15) is 36.5 Å². The SMILES string of the molecule is Nc1ccc2c(c1)C(=O)/C(=N/Nc1ccc(N=C([O-])c3ccc(N=Nc4c(S(=O)(=O)[O-])cc5c(c4N)C(=O)/C(=N/Nc4ccccc4)C(S(=O)(=O)O)=C5)cc3)cc1)C(S(=O)(=O)[O-])=C2.[Na+].[Na+].[Na+]. The van der Waals surface area contributed by atoms with E-state index in [-0.39, 0.29) is 128 Å². The molecule has 2 aliphatic rings. The minimum atomic E-state index is -5.40. The Kier molecular flexibility index (Phi) is 17.5. The number of Topliss-reactive ketones (excluding diaryl/α,β-unsaturated/α-hetero) is 2. The first-order chi connectivity index (χ1) is 29.7. The second-order valence-corrected chi connectivity index (χ2v) is 17.3. The molecule has 320 valence electrons. The Bertz CT molecular complexity index is 3310. The van der Waals surface area contributed by atoms with E-state index in [2.05, 4.69) is 36.3 Å². The molecule has 66 heavy (non-hydrogen) atoms. The number of allylic oxidation sites excluding steroid dienone is 2. The van der Waals surface area contributed by atoms with Gasteiger partial charge in [-0.1, -0.05) is 36.4 Å². The molecule has 0 spiro atoms. The first kappa shape index (κ1) is 53.9. The van der Waals surface area contributed by atoms with Gasteiger partial charge in [-0.2, -0.15) is 23.7 Å². The van der Waals surface area contributed by atoms with Crippen molar-refractivity contribution in [1.82, 2.24) is 0 Å². The number of hydrogen-bond donors (Lipinski definition) is 5. The van der Waals surface area contributed by atoms with Gasteiger partial charge in [0.2, 0.25) is 11.6 Å². The van der Waals surface area contributed by atoms with E-state index in [0.717, 1.165) is 12.2 Å². The van der Waals surface area contributed by atoms with E-state index in [1.807, 2.05) is 0 Å². The van der Waals surface area contributed by atoms with Crippen molar-refractivity contribution in [3.8, 4) is 0 Å². The second-order valence-electron chi connectivity index (χ2n) is 13.2. The number of benzene rings is 5. The van der Waals surface area contributed by atoms with Gasteiger partial charge in [-0.05, 0) is 101 Å². The van der Waals surface area contributed by atoms with E-state index in [4.69, 9.17) is 11.5 Å². The first-order valence-electron chi connectivity index (χ1n) is 17.6. The summed E-state index contributed by atoms with van der Waals surface area (Å²) in [7, 11) is -15.7. The molecule has 0 heterocycles. The van der Waals surface area contributed by atoms with E-state index in [1.54, 1.807) is 30.3 Å². The molecule has 0 amide bonds. The van der Waals surface area contributed by atoms with Crippen LogP contribution < -0.4 is 116 Å². The first-order valence-corrected chi connectivity index (χ1v) is 21.8. The number of nitrogens with zero attached hydrogens (tertiary/aromatic N) is 5. The minimum Gasteiger partial charge on any atom is -0.858 e. The molecule has 0 aliphatic heterocycles. The molecule has 0 radical (unpaired) electrons. The van der Waals surface area contributed by atoms with Crippen LogP contribution in [0.5, 0.6) is 0 Å². The number of para-hydroxylation sites is 1. The number of aliphatic imine (C=N–C) groups is 1. The number of anilines is 4. The summed E-state index contributed by atoms with van der Waals surface area (Å²) in [6, 6.07) is 23.6. The molecule has 27 heteroatoms. The van der Waals surface area contributed by atoms with Crippen LogP contribution >= 0.6 is 0 Å². The topological polar surface area (TPSA) is 364 Å². The van der Waals surface area contributed by atoms with Gasteiger partial charge in [-0.15, -0.1) is 5.11 Å². The quantitative estimate of drug-likeness (QED) is 0.0157. The van der Waals surface area contributed by atoms with Gasteiger partial charge in [0.15, 0.2) is 5.71 Å². The Morgan fingerprint density at radius 2 is 1.18 bits per heavy atom. The van der Waals surface area contributed by atoms with Gasteiger partial charge >= 0.3 is 88.7 Å². The molecule has 5 aromatic rings. The Hall–Kier alpha value is -4.74. The van der Waals surface area contributed by atoms with Gasteiger partial charge in [0.05, 0.1) is 43.8 Å². The molecule has 5 aromatic carbocycles. The fourth-order valence-electron chi connectivity index (χ4n) is 6.06. The van der Waals surface area contributed by atoms with Crippen molar-refractivity contribution in [2.24, 2.45) is 25.4 Å². The van der Waals surface area contributed by atoms with E-state index in [1.165, 1.54) is 66.7 Å². The number of nitrogens with two attached hydrogens (primary N) is 2. The number of ketones is 2. The zero-order chi connectivity index (χ0) is 45.4. The van der Waals surface area contributed by atoms with Gasteiger partial charge in [-0.25, -0.2) is 16.8 Å². The van der Waals surface area contributed by atoms with Crippen LogP contribution in [0.1, 0.15) is 37.4 Å². The number of hydrogen-bond acceptors (Lipinski definition) is 20. The molecule has 2 aliphatic carbocycles. The maximum absolute atomic E-state index is 13.7. The van der Waals surface area contributed by atoms with Gasteiger partial charge in [0, 0.05) is 11.3 Å². The molecular formula is C39H26N9Na3O12S3. The summed E-state index contributed by atoms with van der Waals surface area (Å²) < 4.78 is 107. The number of carbonyl (C=O) groups is 2. The fourth-order valence-corrected chi connectivity index (χ4v) is 8.02. The Morgan fingerprint density at radius 1 is 0.621 bits per heavy atom. The maximum atomic E-state index is 13.7.